The van der Waals surface area contributed by atoms with E-state index in [9.17, 15) is 13.2 Å². The van der Waals surface area contributed by atoms with Crippen LogP contribution in [0.4, 0.5) is 0 Å². The van der Waals surface area contributed by atoms with Gasteiger partial charge in [0.25, 0.3) is 0 Å². The summed E-state index contributed by atoms with van der Waals surface area (Å²) < 4.78 is 24.7. The van der Waals surface area contributed by atoms with Crippen LogP contribution in [-0.2, 0) is 21.2 Å². The second-order valence-electron chi connectivity index (χ2n) is 3.62. The van der Waals surface area contributed by atoms with Crippen LogP contribution in [0.3, 0.4) is 0 Å². The van der Waals surface area contributed by atoms with Crippen LogP contribution in [0.1, 0.15) is 5.56 Å². The zero-order valence-corrected chi connectivity index (χ0v) is 10.2. The van der Waals surface area contributed by atoms with Gasteiger partial charge in [0.05, 0.1) is 6.07 Å². The Morgan fingerprint density at radius 2 is 2.00 bits per heavy atom. The van der Waals surface area contributed by atoms with Gasteiger partial charge in [-0.1, -0.05) is 30.3 Å². The largest absolute Gasteiger partial charge is 0.480 e. The molecule has 0 radical (unpaired) electrons. The summed E-state index contributed by atoms with van der Waals surface area (Å²) in [7, 11) is -3.89. The van der Waals surface area contributed by atoms with Gasteiger partial charge in [-0.15, -0.1) is 0 Å². The summed E-state index contributed by atoms with van der Waals surface area (Å²) >= 11 is 0. The van der Waals surface area contributed by atoms with Crippen LogP contribution in [0.2, 0.25) is 0 Å². The van der Waals surface area contributed by atoms with E-state index in [1.807, 2.05) is 4.72 Å². The molecule has 1 aromatic rings. The highest BCUT2D eigenvalue weighted by Crippen LogP contribution is 2.04. The number of benzene rings is 1. The minimum absolute atomic E-state index is 0.0286. The van der Waals surface area contributed by atoms with Crippen LogP contribution in [-0.4, -0.2) is 31.3 Å². The number of carbonyl (C=O) groups is 1. The molecule has 0 aromatic heterocycles. The molecule has 7 heteroatoms. The Morgan fingerprint density at radius 3 is 2.50 bits per heavy atom. The monoisotopic (exact) mass is 268 g/mol. The first-order valence-electron chi connectivity index (χ1n) is 5.08. The van der Waals surface area contributed by atoms with Crippen molar-refractivity contribution >= 4 is 16.0 Å². The minimum Gasteiger partial charge on any atom is -0.480 e. The van der Waals surface area contributed by atoms with Crippen LogP contribution in [0.5, 0.6) is 0 Å². The molecule has 0 unspecified atom stereocenters. The first-order chi connectivity index (χ1) is 8.44. The number of hydrogen-bond donors (Lipinski definition) is 2. The molecule has 1 aromatic carbocycles. The van der Waals surface area contributed by atoms with Crippen molar-refractivity contribution in [1.29, 1.82) is 5.26 Å². The van der Waals surface area contributed by atoms with E-state index >= 15 is 0 Å². The van der Waals surface area contributed by atoms with Gasteiger partial charge < -0.3 is 5.11 Å². The maximum Gasteiger partial charge on any atom is 0.322 e. The van der Waals surface area contributed by atoms with E-state index in [0.717, 1.165) is 0 Å². The minimum atomic E-state index is -3.89. The molecule has 0 aliphatic carbocycles. The van der Waals surface area contributed by atoms with Crippen molar-refractivity contribution < 1.29 is 18.3 Å². The summed E-state index contributed by atoms with van der Waals surface area (Å²) in [6, 6.07) is 8.85. The second kappa shape index (κ2) is 6.14. The standard InChI is InChI=1S/C11H12N2O4S/c12-6-7-18(16,17)13-10(11(14)15)8-9-4-2-1-3-5-9/h1-5,10,13H,7-8H2,(H,14,15)/t10-/m0/s1. The third-order valence-electron chi connectivity index (χ3n) is 2.16. The third kappa shape index (κ3) is 4.53. The number of rotatable bonds is 6. The predicted molar refractivity (Wildman–Crippen MR) is 64.1 cm³/mol. The van der Waals surface area contributed by atoms with E-state index in [2.05, 4.69) is 0 Å². The van der Waals surface area contributed by atoms with Gasteiger partial charge in [0.15, 0.2) is 5.75 Å². The molecule has 0 saturated heterocycles. The second-order valence-corrected chi connectivity index (χ2v) is 5.37. The number of aliphatic carboxylic acids is 1. The molecule has 0 bridgehead atoms. The fraction of sp³-hybridized carbons (Fsp3) is 0.273. The molecule has 0 saturated carbocycles. The topological polar surface area (TPSA) is 107 Å². The first kappa shape index (κ1) is 14.2. The molecule has 96 valence electrons. The lowest BCUT2D eigenvalue weighted by atomic mass is 10.1. The Morgan fingerprint density at radius 1 is 1.39 bits per heavy atom. The number of sulfonamides is 1. The van der Waals surface area contributed by atoms with Crippen molar-refractivity contribution in [3.05, 3.63) is 35.9 Å². The maximum absolute atomic E-state index is 11.3. The molecule has 0 aliphatic heterocycles. The van der Waals surface area contributed by atoms with Crippen LogP contribution in [0.15, 0.2) is 30.3 Å². The van der Waals surface area contributed by atoms with Crippen molar-refractivity contribution in [3.8, 4) is 6.07 Å². The molecule has 0 aliphatic rings. The fourth-order valence-electron chi connectivity index (χ4n) is 1.37. The Labute approximate surface area is 105 Å². The van der Waals surface area contributed by atoms with Gasteiger partial charge >= 0.3 is 5.97 Å². The summed E-state index contributed by atoms with van der Waals surface area (Å²) in [4.78, 5) is 11.0. The Balaban J connectivity index is 2.80. The number of carboxylic acid groups (broad SMARTS) is 1. The smallest absolute Gasteiger partial charge is 0.322 e. The molecule has 0 spiro atoms. The molecule has 18 heavy (non-hydrogen) atoms. The fourth-order valence-corrected chi connectivity index (χ4v) is 2.24. The zero-order valence-electron chi connectivity index (χ0n) is 9.41. The van der Waals surface area contributed by atoms with Gasteiger partial charge in [-0.2, -0.15) is 9.98 Å². The summed E-state index contributed by atoms with van der Waals surface area (Å²) in [6.07, 6.45) is 0.0286. The lowest BCUT2D eigenvalue weighted by Gasteiger charge is -2.13. The van der Waals surface area contributed by atoms with Crippen LogP contribution in [0, 0.1) is 11.3 Å². The lowest BCUT2D eigenvalue weighted by molar-refractivity contribution is -0.138. The van der Waals surface area contributed by atoms with Crippen molar-refractivity contribution in [1.82, 2.24) is 4.72 Å². The molecular formula is C11H12N2O4S. The molecule has 0 heterocycles. The highest BCUT2D eigenvalue weighted by Gasteiger charge is 2.23. The van der Waals surface area contributed by atoms with Gasteiger partial charge in [-0.3, -0.25) is 4.79 Å². The van der Waals surface area contributed by atoms with Crippen LogP contribution >= 0.6 is 0 Å². The molecule has 2 N–H and O–H groups in total. The summed E-state index contributed by atoms with van der Waals surface area (Å²) in [5.74, 6) is -2.04. The summed E-state index contributed by atoms with van der Waals surface area (Å²) in [6.45, 7) is 0. The van der Waals surface area contributed by atoms with E-state index in [4.69, 9.17) is 10.4 Å². The quantitative estimate of drug-likeness (QED) is 0.762. The zero-order chi connectivity index (χ0) is 13.6. The van der Waals surface area contributed by atoms with Gasteiger partial charge in [0.1, 0.15) is 6.04 Å². The van der Waals surface area contributed by atoms with Crippen molar-refractivity contribution in [3.63, 3.8) is 0 Å². The van der Waals surface area contributed by atoms with Gasteiger partial charge in [0.2, 0.25) is 10.0 Å². The van der Waals surface area contributed by atoms with Crippen molar-refractivity contribution in [2.75, 3.05) is 5.75 Å². The third-order valence-corrected chi connectivity index (χ3v) is 3.31. The summed E-state index contributed by atoms with van der Waals surface area (Å²) in [5, 5.41) is 17.3. The number of nitrogens with zero attached hydrogens (tertiary/aromatic N) is 1. The van der Waals surface area contributed by atoms with Gasteiger partial charge in [-0.05, 0) is 12.0 Å². The number of nitriles is 1. The SMILES string of the molecule is N#CCS(=O)(=O)N[C@@H](Cc1ccccc1)C(=O)O. The molecule has 6 nitrogen and oxygen atoms in total. The van der Waals surface area contributed by atoms with E-state index < -0.39 is 27.8 Å². The molecular weight excluding hydrogens is 256 g/mol. The van der Waals surface area contributed by atoms with Crippen LogP contribution < -0.4 is 4.72 Å². The Bertz CT molecular complexity index is 548. The van der Waals surface area contributed by atoms with E-state index in [1.165, 1.54) is 6.07 Å². The van der Waals surface area contributed by atoms with E-state index in [-0.39, 0.29) is 6.42 Å². The molecule has 1 atom stereocenters. The maximum atomic E-state index is 11.3. The molecule has 0 fully saturated rings. The average molecular weight is 268 g/mol. The Hall–Kier alpha value is -1.91. The molecule has 1 rings (SSSR count). The van der Waals surface area contributed by atoms with Crippen LogP contribution in [0.25, 0.3) is 0 Å². The summed E-state index contributed by atoms with van der Waals surface area (Å²) in [5.41, 5.74) is 0.699. The number of nitrogens with one attached hydrogen (secondary N) is 1. The van der Waals surface area contributed by atoms with Crippen molar-refractivity contribution in [2.24, 2.45) is 0 Å². The van der Waals surface area contributed by atoms with E-state index in [0.29, 0.717) is 5.56 Å². The number of hydrogen-bond acceptors (Lipinski definition) is 4. The van der Waals surface area contributed by atoms with Gasteiger partial charge in [0, 0.05) is 0 Å². The highest BCUT2D eigenvalue weighted by atomic mass is 32.2. The predicted octanol–water partition coefficient (Wildman–Crippen LogP) is 0.125. The Kier molecular flexibility index (Phi) is 4.83. The number of carboxylic acids is 1. The average Bonchev–Trinajstić information content (AvgIpc) is 2.29. The van der Waals surface area contributed by atoms with Gasteiger partial charge in [-0.25, -0.2) is 8.42 Å². The molecule has 0 amide bonds. The van der Waals surface area contributed by atoms with E-state index in [1.54, 1.807) is 30.3 Å². The van der Waals surface area contributed by atoms with Crippen molar-refractivity contribution in [2.45, 2.75) is 12.5 Å². The lowest BCUT2D eigenvalue weighted by Crippen LogP contribution is -2.43. The highest BCUT2D eigenvalue weighted by molar-refractivity contribution is 7.89. The first-order valence-corrected chi connectivity index (χ1v) is 6.73. The normalized spacial score (nSPS) is 12.6.